The minimum atomic E-state index is -0.545. The molecule has 0 bridgehead atoms. The monoisotopic (exact) mass is 156 g/mol. The summed E-state index contributed by atoms with van der Waals surface area (Å²) in [5, 5.41) is 15.2. The van der Waals surface area contributed by atoms with Crippen molar-refractivity contribution in [2.24, 2.45) is 0 Å². The Hall–Kier alpha value is -0.940. The molecule has 0 spiro atoms. The molecule has 1 atom stereocenters. The van der Waals surface area contributed by atoms with E-state index >= 15 is 0 Å². The van der Waals surface area contributed by atoms with Gasteiger partial charge < -0.3 is 10.4 Å². The molecule has 1 aromatic rings. The van der Waals surface area contributed by atoms with Crippen LogP contribution in [0.1, 0.15) is 11.9 Å². The number of hydrogen-bond acceptors (Lipinski definition) is 3. The van der Waals surface area contributed by atoms with E-state index in [0.29, 0.717) is 0 Å². The first-order chi connectivity index (χ1) is 5.29. The van der Waals surface area contributed by atoms with E-state index in [4.69, 9.17) is 0 Å². The summed E-state index contributed by atoms with van der Waals surface area (Å²) in [5.74, 6) is 1.02. The van der Waals surface area contributed by atoms with Gasteiger partial charge in [0.25, 0.3) is 0 Å². The molecular formula is C6H12N4O. The van der Waals surface area contributed by atoms with Gasteiger partial charge in [-0.15, -0.1) is 0 Å². The van der Waals surface area contributed by atoms with Crippen molar-refractivity contribution in [1.29, 1.82) is 0 Å². The Bertz CT molecular complexity index is 275. The van der Waals surface area contributed by atoms with Gasteiger partial charge in [0.2, 0.25) is 0 Å². The molecule has 1 aliphatic rings. The van der Waals surface area contributed by atoms with E-state index in [1.807, 2.05) is 11.7 Å². The SMILES string of the molecule is CNc1c(C(O)NC)n2n1C2. The zero-order valence-electron chi connectivity index (χ0n) is 6.63. The highest BCUT2D eigenvalue weighted by molar-refractivity contribution is 5.48. The van der Waals surface area contributed by atoms with Crippen LogP contribution in [0.25, 0.3) is 0 Å². The Labute approximate surface area is 64.6 Å². The topological polar surface area (TPSA) is 54.1 Å². The predicted molar refractivity (Wildman–Crippen MR) is 41.4 cm³/mol. The van der Waals surface area contributed by atoms with Crippen LogP contribution in [-0.2, 0) is 6.67 Å². The molecule has 1 unspecified atom stereocenters. The fourth-order valence-corrected chi connectivity index (χ4v) is 1.37. The molecule has 11 heavy (non-hydrogen) atoms. The molecule has 2 rings (SSSR count). The number of aromatic nitrogens is 2. The van der Waals surface area contributed by atoms with Gasteiger partial charge in [-0.25, -0.2) is 4.68 Å². The van der Waals surface area contributed by atoms with Crippen LogP contribution in [0.2, 0.25) is 0 Å². The van der Waals surface area contributed by atoms with Crippen LogP contribution in [0.4, 0.5) is 5.82 Å². The Morgan fingerprint density at radius 1 is 1.45 bits per heavy atom. The van der Waals surface area contributed by atoms with Crippen molar-refractivity contribution in [3.63, 3.8) is 0 Å². The molecule has 3 N–H and O–H groups in total. The molecular weight excluding hydrogens is 144 g/mol. The largest absolute Gasteiger partial charge is 0.373 e. The molecule has 5 heteroatoms. The summed E-state index contributed by atoms with van der Waals surface area (Å²) in [6.45, 7) is 0.907. The Morgan fingerprint density at radius 2 is 2.18 bits per heavy atom. The minimum absolute atomic E-state index is 0.545. The first-order valence-corrected chi connectivity index (χ1v) is 3.62. The second-order valence-electron chi connectivity index (χ2n) is 2.62. The second-order valence-corrected chi connectivity index (χ2v) is 2.62. The van der Waals surface area contributed by atoms with E-state index in [0.717, 1.165) is 18.2 Å². The summed E-state index contributed by atoms with van der Waals surface area (Å²) in [4.78, 5) is 0. The van der Waals surface area contributed by atoms with Crippen molar-refractivity contribution in [3.05, 3.63) is 5.69 Å². The van der Waals surface area contributed by atoms with Gasteiger partial charge in [-0.3, -0.25) is 10.00 Å². The van der Waals surface area contributed by atoms with E-state index in [9.17, 15) is 5.11 Å². The van der Waals surface area contributed by atoms with Crippen molar-refractivity contribution in [2.45, 2.75) is 12.9 Å². The molecule has 0 fully saturated rings. The van der Waals surface area contributed by atoms with Crippen LogP contribution in [0, 0.1) is 0 Å². The highest BCUT2D eigenvalue weighted by Gasteiger charge is 2.33. The van der Waals surface area contributed by atoms with E-state index in [2.05, 4.69) is 15.3 Å². The maximum absolute atomic E-state index is 9.40. The third kappa shape index (κ3) is 0.719. The van der Waals surface area contributed by atoms with Crippen LogP contribution >= 0.6 is 0 Å². The van der Waals surface area contributed by atoms with E-state index in [1.54, 1.807) is 7.05 Å². The van der Waals surface area contributed by atoms with Gasteiger partial charge in [-0.1, -0.05) is 0 Å². The maximum Gasteiger partial charge on any atom is 0.151 e. The minimum Gasteiger partial charge on any atom is -0.373 e. The van der Waals surface area contributed by atoms with Crippen molar-refractivity contribution in [2.75, 3.05) is 19.4 Å². The Balaban J connectivity index is 2.21. The normalized spacial score (nSPS) is 16.3. The van der Waals surface area contributed by atoms with Gasteiger partial charge in [0, 0.05) is 7.05 Å². The molecule has 5 nitrogen and oxygen atoms in total. The number of hydrogen-bond donors (Lipinski definition) is 3. The number of anilines is 1. The number of aliphatic hydroxyl groups is 1. The van der Waals surface area contributed by atoms with Gasteiger partial charge in [-0.2, -0.15) is 0 Å². The number of nitrogens with one attached hydrogen (secondary N) is 2. The first kappa shape index (κ1) is 6.75. The van der Waals surface area contributed by atoms with E-state index in [-0.39, 0.29) is 0 Å². The summed E-state index contributed by atoms with van der Waals surface area (Å²) >= 11 is 0. The van der Waals surface area contributed by atoms with Gasteiger partial charge in [0.15, 0.2) is 6.23 Å². The highest BCUT2D eigenvalue weighted by Crippen LogP contribution is 2.34. The first-order valence-electron chi connectivity index (χ1n) is 3.62. The van der Waals surface area contributed by atoms with E-state index in [1.165, 1.54) is 0 Å². The van der Waals surface area contributed by atoms with Gasteiger partial charge >= 0.3 is 0 Å². The lowest BCUT2D eigenvalue weighted by Crippen LogP contribution is -2.22. The third-order valence-electron chi connectivity index (χ3n) is 2.02. The van der Waals surface area contributed by atoms with Crippen molar-refractivity contribution in [3.8, 4) is 0 Å². The molecule has 1 aliphatic heterocycles. The molecule has 0 saturated carbocycles. The number of nitrogens with zero attached hydrogens (tertiary/aromatic N) is 2. The fourth-order valence-electron chi connectivity index (χ4n) is 1.37. The van der Waals surface area contributed by atoms with E-state index < -0.39 is 6.23 Å². The fraction of sp³-hybridized carbons (Fsp3) is 0.667. The van der Waals surface area contributed by atoms with Crippen molar-refractivity contribution < 1.29 is 5.11 Å². The Morgan fingerprint density at radius 3 is 2.73 bits per heavy atom. The summed E-state index contributed by atoms with van der Waals surface area (Å²) < 4.78 is 4.06. The van der Waals surface area contributed by atoms with Crippen LogP contribution in [0.5, 0.6) is 0 Å². The molecule has 0 aliphatic carbocycles. The highest BCUT2D eigenvalue weighted by atomic mass is 16.3. The standard InChI is InChI=1S/C6H12N4O/c1-7-5-4(6(11)8-2)9-3-10(5)9/h6-8,11H,3H2,1-2H3. The van der Waals surface area contributed by atoms with Gasteiger partial charge in [-0.05, 0) is 7.05 Å². The molecule has 62 valence electrons. The number of rotatable bonds is 3. The van der Waals surface area contributed by atoms with Crippen LogP contribution < -0.4 is 10.6 Å². The second kappa shape index (κ2) is 2.02. The quantitative estimate of drug-likeness (QED) is 0.518. The van der Waals surface area contributed by atoms with Crippen LogP contribution in [0.3, 0.4) is 0 Å². The number of aliphatic hydroxyl groups excluding tert-OH is 1. The summed E-state index contributed by atoms with van der Waals surface area (Å²) in [6, 6.07) is 0. The predicted octanol–water partition coefficient (Wildman–Crippen LogP) is -0.639. The van der Waals surface area contributed by atoms with Crippen molar-refractivity contribution >= 4 is 5.82 Å². The maximum atomic E-state index is 9.40. The lowest BCUT2D eigenvalue weighted by Gasteiger charge is -2.16. The summed E-state index contributed by atoms with van der Waals surface area (Å²) in [6.07, 6.45) is -0.545. The molecule has 0 aromatic carbocycles. The average Bonchev–Trinajstić information content (AvgIpc) is 2.65. The zero-order chi connectivity index (χ0) is 8.01. The zero-order valence-corrected chi connectivity index (χ0v) is 6.63. The molecule has 0 radical (unpaired) electrons. The lowest BCUT2D eigenvalue weighted by atomic mass is 10.3. The molecule has 0 amide bonds. The molecule has 2 heterocycles. The molecule has 1 aromatic heterocycles. The summed E-state index contributed by atoms with van der Waals surface area (Å²) in [7, 11) is 3.59. The van der Waals surface area contributed by atoms with Crippen molar-refractivity contribution in [1.82, 2.24) is 14.7 Å². The van der Waals surface area contributed by atoms with Crippen LogP contribution in [-0.4, -0.2) is 28.6 Å². The summed E-state index contributed by atoms with van der Waals surface area (Å²) in [5.41, 5.74) is 0.940. The lowest BCUT2D eigenvalue weighted by molar-refractivity contribution is 0.140. The smallest absolute Gasteiger partial charge is 0.151 e. The molecule has 0 saturated heterocycles. The number of fused-ring (bicyclic) bond motifs is 1. The van der Waals surface area contributed by atoms with Gasteiger partial charge in [0.1, 0.15) is 18.2 Å². The van der Waals surface area contributed by atoms with Gasteiger partial charge in [0.05, 0.1) is 0 Å². The average molecular weight is 156 g/mol. The Kier molecular flexibility index (Phi) is 1.24. The third-order valence-corrected chi connectivity index (χ3v) is 2.02. The van der Waals surface area contributed by atoms with Crippen LogP contribution in [0.15, 0.2) is 0 Å².